The van der Waals surface area contributed by atoms with Gasteiger partial charge in [0.05, 0.1) is 18.1 Å². The first-order valence-corrected chi connectivity index (χ1v) is 12.7. The van der Waals surface area contributed by atoms with Crippen LogP contribution in [0.5, 0.6) is 0 Å². The van der Waals surface area contributed by atoms with Gasteiger partial charge in [0.1, 0.15) is 0 Å². The van der Waals surface area contributed by atoms with Gasteiger partial charge in [-0.05, 0) is 36.2 Å². The molecular formula is C22H25N3O4S2. The average Bonchev–Trinajstić information content (AvgIpc) is 3.28. The third-order valence-electron chi connectivity index (χ3n) is 5.22. The third kappa shape index (κ3) is 5.17. The minimum atomic E-state index is -3.57. The van der Waals surface area contributed by atoms with Crippen molar-refractivity contribution in [3.8, 4) is 0 Å². The summed E-state index contributed by atoms with van der Waals surface area (Å²) < 4.78 is 32.2. The molecule has 9 heteroatoms. The number of ether oxygens (including phenoxy) is 1. The number of amides is 1. The van der Waals surface area contributed by atoms with E-state index in [1.165, 1.54) is 22.0 Å². The van der Waals surface area contributed by atoms with Gasteiger partial charge in [0.25, 0.3) is 5.91 Å². The number of rotatable bonds is 6. The molecule has 2 aliphatic heterocycles. The van der Waals surface area contributed by atoms with Crippen LogP contribution in [0.3, 0.4) is 0 Å². The lowest BCUT2D eigenvalue weighted by Gasteiger charge is -2.26. The first kappa shape index (κ1) is 22.0. The standard InChI is InChI=1S/C22H25N3O4S2/c26-21(25-14-17-30-22(25)23-11-10-18-4-2-1-3-5-18)19-6-8-20(9-7-19)31(27,28)24-12-15-29-16-13-24/h1-9H,10-17H2. The predicted octanol–water partition coefficient (Wildman–Crippen LogP) is 2.50. The average molecular weight is 460 g/mol. The fourth-order valence-electron chi connectivity index (χ4n) is 3.51. The summed E-state index contributed by atoms with van der Waals surface area (Å²) in [6.45, 7) is 2.70. The minimum Gasteiger partial charge on any atom is -0.379 e. The summed E-state index contributed by atoms with van der Waals surface area (Å²) in [5.41, 5.74) is 1.67. The van der Waals surface area contributed by atoms with Gasteiger partial charge in [-0.1, -0.05) is 42.1 Å². The van der Waals surface area contributed by atoms with Crippen molar-refractivity contribution in [1.82, 2.24) is 9.21 Å². The molecule has 2 heterocycles. The highest BCUT2D eigenvalue weighted by Crippen LogP contribution is 2.23. The number of sulfonamides is 1. The molecule has 2 aliphatic rings. The smallest absolute Gasteiger partial charge is 0.259 e. The Kier molecular flexibility index (Phi) is 7.06. The van der Waals surface area contributed by atoms with Gasteiger partial charge in [0.2, 0.25) is 10.0 Å². The highest BCUT2D eigenvalue weighted by Gasteiger charge is 2.29. The van der Waals surface area contributed by atoms with Crippen molar-refractivity contribution < 1.29 is 17.9 Å². The molecule has 7 nitrogen and oxygen atoms in total. The molecule has 0 bridgehead atoms. The molecule has 2 saturated heterocycles. The number of nitrogens with zero attached hydrogens (tertiary/aromatic N) is 3. The summed E-state index contributed by atoms with van der Waals surface area (Å²) >= 11 is 1.58. The molecule has 1 amide bonds. The van der Waals surface area contributed by atoms with Crippen molar-refractivity contribution in [3.05, 3.63) is 65.7 Å². The number of hydrogen-bond donors (Lipinski definition) is 0. The lowest BCUT2D eigenvalue weighted by atomic mass is 10.2. The number of morpholine rings is 1. The maximum Gasteiger partial charge on any atom is 0.259 e. The summed E-state index contributed by atoms with van der Waals surface area (Å²) in [7, 11) is -3.57. The van der Waals surface area contributed by atoms with E-state index in [4.69, 9.17) is 4.74 Å². The van der Waals surface area contributed by atoms with Crippen LogP contribution in [-0.2, 0) is 21.2 Å². The number of thioether (sulfide) groups is 1. The van der Waals surface area contributed by atoms with E-state index in [1.54, 1.807) is 28.8 Å². The normalized spacial score (nSPS) is 19.1. The van der Waals surface area contributed by atoms with Crippen LogP contribution < -0.4 is 0 Å². The maximum absolute atomic E-state index is 13.0. The SMILES string of the molecule is O=C(c1ccc(S(=O)(=O)N2CCOCC2)cc1)N1CCSC1=NCCc1ccccc1. The summed E-state index contributed by atoms with van der Waals surface area (Å²) in [5.74, 6) is 0.651. The molecule has 0 aromatic heterocycles. The van der Waals surface area contributed by atoms with Crippen LogP contribution in [0, 0.1) is 0 Å². The molecule has 4 rings (SSSR count). The Morgan fingerprint density at radius 2 is 1.71 bits per heavy atom. The zero-order valence-electron chi connectivity index (χ0n) is 17.1. The van der Waals surface area contributed by atoms with Gasteiger partial charge in [-0.25, -0.2) is 8.42 Å². The molecule has 0 unspecified atom stereocenters. The van der Waals surface area contributed by atoms with Crippen molar-refractivity contribution in [3.63, 3.8) is 0 Å². The Morgan fingerprint density at radius 3 is 2.42 bits per heavy atom. The van der Waals surface area contributed by atoms with Crippen molar-refractivity contribution in [2.45, 2.75) is 11.3 Å². The molecule has 0 radical (unpaired) electrons. The van der Waals surface area contributed by atoms with Crippen molar-refractivity contribution in [2.24, 2.45) is 4.99 Å². The van der Waals surface area contributed by atoms with Crippen LogP contribution in [0.25, 0.3) is 0 Å². The Morgan fingerprint density at radius 1 is 1.00 bits per heavy atom. The molecule has 0 N–H and O–H groups in total. The number of amidine groups is 1. The Balaban J connectivity index is 1.43. The zero-order chi connectivity index (χ0) is 21.7. The van der Waals surface area contributed by atoms with Crippen LogP contribution >= 0.6 is 11.8 Å². The molecule has 164 valence electrons. The van der Waals surface area contributed by atoms with Gasteiger partial charge < -0.3 is 4.74 Å². The van der Waals surface area contributed by atoms with E-state index in [0.717, 1.165) is 17.3 Å². The Labute approximate surface area is 187 Å². The van der Waals surface area contributed by atoms with Gasteiger partial charge in [0.15, 0.2) is 5.17 Å². The number of carbonyl (C=O) groups is 1. The first-order valence-electron chi connectivity index (χ1n) is 10.3. The van der Waals surface area contributed by atoms with Crippen LogP contribution in [0.4, 0.5) is 0 Å². The maximum atomic E-state index is 13.0. The molecule has 2 aromatic rings. The second-order valence-electron chi connectivity index (χ2n) is 7.25. The van der Waals surface area contributed by atoms with Crippen LogP contribution in [-0.4, -0.2) is 73.8 Å². The first-order chi connectivity index (χ1) is 15.1. The second-order valence-corrected chi connectivity index (χ2v) is 10.2. The van der Waals surface area contributed by atoms with E-state index < -0.39 is 10.0 Å². The minimum absolute atomic E-state index is 0.154. The molecule has 31 heavy (non-hydrogen) atoms. The quantitative estimate of drug-likeness (QED) is 0.663. The predicted molar refractivity (Wildman–Crippen MR) is 122 cm³/mol. The highest BCUT2D eigenvalue weighted by atomic mass is 32.2. The number of aliphatic imine (C=N–C) groups is 1. The van der Waals surface area contributed by atoms with Crippen molar-refractivity contribution >= 4 is 32.9 Å². The van der Waals surface area contributed by atoms with E-state index in [-0.39, 0.29) is 10.8 Å². The van der Waals surface area contributed by atoms with Gasteiger partial charge in [-0.3, -0.25) is 14.7 Å². The van der Waals surface area contributed by atoms with Crippen LogP contribution in [0.1, 0.15) is 15.9 Å². The van der Waals surface area contributed by atoms with Crippen molar-refractivity contribution in [1.29, 1.82) is 0 Å². The molecule has 0 atom stereocenters. The van der Waals surface area contributed by atoms with E-state index in [0.29, 0.717) is 45.0 Å². The largest absolute Gasteiger partial charge is 0.379 e. The van der Waals surface area contributed by atoms with Gasteiger partial charge in [-0.2, -0.15) is 4.31 Å². The Bertz CT molecular complexity index is 1030. The molecule has 0 aliphatic carbocycles. The number of hydrogen-bond acceptors (Lipinski definition) is 6. The highest BCUT2D eigenvalue weighted by molar-refractivity contribution is 8.14. The molecule has 2 fully saturated rings. The number of carbonyl (C=O) groups excluding carboxylic acids is 1. The topological polar surface area (TPSA) is 79.3 Å². The second kappa shape index (κ2) is 9.95. The zero-order valence-corrected chi connectivity index (χ0v) is 18.8. The van der Waals surface area contributed by atoms with Crippen molar-refractivity contribution in [2.75, 3.05) is 45.1 Å². The van der Waals surface area contributed by atoms with E-state index in [2.05, 4.69) is 17.1 Å². The molecule has 0 spiro atoms. The van der Waals surface area contributed by atoms with E-state index >= 15 is 0 Å². The lowest BCUT2D eigenvalue weighted by molar-refractivity contribution is 0.0730. The Hall–Kier alpha value is -2.20. The summed E-state index contributed by atoms with van der Waals surface area (Å²) in [6.07, 6.45) is 0.820. The van der Waals surface area contributed by atoms with Crippen LogP contribution in [0.15, 0.2) is 64.5 Å². The fourth-order valence-corrected chi connectivity index (χ4v) is 5.88. The fraction of sp³-hybridized carbons (Fsp3) is 0.364. The van der Waals surface area contributed by atoms with Gasteiger partial charge in [-0.15, -0.1) is 0 Å². The molecule has 0 saturated carbocycles. The van der Waals surface area contributed by atoms with E-state index in [1.807, 2.05) is 18.2 Å². The summed E-state index contributed by atoms with van der Waals surface area (Å²) in [5, 5.41) is 0.728. The summed E-state index contributed by atoms with van der Waals surface area (Å²) in [6, 6.07) is 16.3. The lowest BCUT2D eigenvalue weighted by Crippen LogP contribution is -2.40. The monoisotopic (exact) mass is 459 g/mol. The van der Waals surface area contributed by atoms with Gasteiger partial charge >= 0.3 is 0 Å². The molecular weight excluding hydrogens is 434 g/mol. The molecule has 2 aromatic carbocycles. The number of benzene rings is 2. The third-order valence-corrected chi connectivity index (χ3v) is 8.13. The van der Waals surface area contributed by atoms with E-state index in [9.17, 15) is 13.2 Å². The van der Waals surface area contributed by atoms with Crippen LogP contribution in [0.2, 0.25) is 0 Å². The summed E-state index contributed by atoms with van der Waals surface area (Å²) in [4.78, 5) is 19.5. The van der Waals surface area contributed by atoms with Gasteiger partial charge in [0, 0.05) is 37.5 Å².